The molecule has 19 heavy (non-hydrogen) atoms. The van der Waals surface area contributed by atoms with Crippen LogP contribution in [0.15, 0.2) is 42.5 Å². The summed E-state index contributed by atoms with van der Waals surface area (Å²) in [6.07, 6.45) is 1.56. The highest BCUT2D eigenvalue weighted by molar-refractivity contribution is 5.76. The van der Waals surface area contributed by atoms with Crippen LogP contribution in [0.3, 0.4) is 0 Å². The Morgan fingerprint density at radius 1 is 1.21 bits per heavy atom. The fourth-order valence-electron chi connectivity index (χ4n) is 1.81. The summed E-state index contributed by atoms with van der Waals surface area (Å²) in [4.78, 5) is 10.7. The molecular weight excluding hydrogens is 238 g/mol. The molecule has 0 atom stereocenters. The van der Waals surface area contributed by atoms with E-state index in [-0.39, 0.29) is 0 Å². The molecule has 0 unspecified atom stereocenters. The van der Waals surface area contributed by atoms with Crippen LogP contribution in [0.2, 0.25) is 0 Å². The van der Waals surface area contributed by atoms with Gasteiger partial charge in [-0.2, -0.15) is 5.26 Å². The van der Waals surface area contributed by atoms with Crippen molar-refractivity contribution in [1.29, 1.82) is 5.26 Å². The summed E-state index contributed by atoms with van der Waals surface area (Å²) >= 11 is 0. The molecule has 3 heteroatoms. The van der Waals surface area contributed by atoms with Crippen molar-refractivity contribution >= 4 is 6.29 Å². The second-order valence-electron chi connectivity index (χ2n) is 4.05. The Labute approximate surface area is 112 Å². The summed E-state index contributed by atoms with van der Waals surface area (Å²) in [5.74, 6) is 1.20. The van der Waals surface area contributed by atoms with E-state index >= 15 is 0 Å². The van der Waals surface area contributed by atoms with Crippen molar-refractivity contribution in [2.75, 3.05) is 0 Å². The zero-order valence-corrected chi connectivity index (χ0v) is 10.6. The number of rotatable bonds is 4. The van der Waals surface area contributed by atoms with Gasteiger partial charge in [0.25, 0.3) is 0 Å². The first-order chi connectivity index (χ1) is 9.28. The van der Waals surface area contributed by atoms with Crippen LogP contribution in [-0.2, 0) is 6.42 Å². The molecule has 0 fully saturated rings. The van der Waals surface area contributed by atoms with Gasteiger partial charge in [-0.05, 0) is 36.2 Å². The number of ether oxygens (including phenoxy) is 1. The number of carbonyl (C=O) groups is 1. The van der Waals surface area contributed by atoms with Crippen LogP contribution in [0.4, 0.5) is 0 Å². The summed E-state index contributed by atoms with van der Waals surface area (Å²) in [6.45, 7) is 2.04. The van der Waals surface area contributed by atoms with Gasteiger partial charge in [-0.25, -0.2) is 0 Å². The fraction of sp³-hybridized carbons (Fsp3) is 0.125. The Bertz CT molecular complexity index is 641. The first kappa shape index (κ1) is 12.8. The van der Waals surface area contributed by atoms with Crippen molar-refractivity contribution in [3.63, 3.8) is 0 Å². The molecule has 2 aromatic carbocycles. The summed E-state index contributed by atoms with van der Waals surface area (Å²) in [7, 11) is 0. The lowest BCUT2D eigenvalue weighted by Crippen LogP contribution is -1.93. The van der Waals surface area contributed by atoms with Crippen LogP contribution in [0.1, 0.15) is 28.4 Å². The van der Waals surface area contributed by atoms with Crippen LogP contribution in [-0.4, -0.2) is 6.29 Å². The minimum atomic E-state index is 0.357. The molecule has 0 amide bonds. The highest BCUT2D eigenvalue weighted by Crippen LogP contribution is 2.28. The molecule has 0 aliphatic carbocycles. The lowest BCUT2D eigenvalue weighted by atomic mass is 10.1. The smallest absolute Gasteiger partial charge is 0.150 e. The molecule has 0 saturated heterocycles. The Kier molecular flexibility index (Phi) is 3.94. The van der Waals surface area contributed by atoms with Gasteiger partial charge in [-0.1, -0.05) is 25.1 Å². The molecular formula is C16H13NO2. The monoisotopic (exact) mass is 251 g/mol. The van der Waals surface area contributed by atoms with Gasteiger partial charge in [-0.15, -0.1) is 0 Å². The SMILES string of the molecule is CCc1ccccc1Oc1ccc(C=O)cc1C#N. The summed E-state index contributed by atoms with van der Waals surface area (Å²) in [5, 5.41) is 9.10. The summed E-state index contributed by atoms with van der Waals surface area (Å²) < 4.78 is 5.78. The van der Waals surface area contributed by atoms with Crippen molar-refractivity contribution < 1.29 is 9.53 Å². The maximum Gasteiger partial charge on any atom is 0.150 e. The van der Waals surface area contributed by atoms with Crippen molar-refractivity contribution in [1.82, 2.24) is 0 Å². The van der Waals surface area contributed by atoms with E-state index < -0.39 is 0 Å². The molecule has 0 N–H and O–H groups in total. The van der Waals surface area contributed by atoms with E-state index in [9.17, 15) is 4.79 Å². The lowest BCUT2D eigenvalue weighted by Gasteiger charge is -2.11. The predicted octanol–water partition coefficient (Wildman–Crippen LogP) is 3.73. The second kappa shape index (κ2) is 5.83. The number of benzene rings is 2. The minimum absolute atomic E-state index is 0.357. The molecule has 0 saturated carbocycles. The normalized spacial score (nSPS) is 9.68. The molecule has 0 aliphatic rings. The number of aldehydes is 1. The molecule has 0 radical (unpaired) electrons. The van der Waals surface area contributed by atoms with E-state index in [2.05, 4.69) is 0 Å². The Morgan fingerprint density at radius 2 is 2.00 bits per heavy atom. The summed E-state index contributed by atoms with van der Waals surface area (Å²) in [6, 6.07) is 14.5. The molecule has 0 spiro atoms. The highest BCUT2D eigenvalue weighted by atomic mass is 16.5. The lowest BCUT2D eigenvalue weighted by molar-refractivity contribution is 0.112. The number of aryl methyl sites for hydroxylation is 1. The average molecular weight is 251 g/mol. The number of hydrogen-bond acceptors (Lipinski definition) is 3. The van der Waals surface area contributed by atoms with Crippen molar-refractivity contribution in [2.24, 2.45) is 0 Å². The van der Waals surface area contributed by atoms with E-state index in [4.69, 9.17) is 10.00 Å². The van der Waals surface area contributed by atoms with Crippen molar-refractivity contribution in [3.8, 4) is 17.6 Å². The minimum Gasteiger partial charge on any atom is -0.456 e. The third-order valence-corrected chi connectivity index (χ3v) is 2.83. The number of nitrogens with zero attached hydrogens (tertiary/aromatic N) is 1. The largest absolute Gasteiger partial charge is 0.456 e. The standard InChI is InChI=1S/C16H13NO2/c1-2-13-5-3-4-6-15(13)19-16-8-7-12(11-18)9-14(16)10-17/h3-9,11H,2H2,1H3. The highest BCUT2D eigenvalue weighted by Gasteiger charge is 2.08. The van der Waals surface area contributed by atoms with E-state index in [1.165, 1.54) is 6.07 Å². The van der Waals surface area contributed by atoms with Crippen LogP contribution >= 0.6 is 0 Å². The maximum atomic E-state index is 10.7. The number of carbonyl (C=O) groups excluding carboxylic acids is 1. The molecule has 0 aliphatic heterocycles. The van der Waals surface area contributed by atoms with Crippen molar-refractivity contribution in [2.45, 2.75) is 13.3 Å². The van der Waals surface area contributed by atoms with Gasteiger partial charge in [0.15, 0.2) is 0 Å². The zero-order valence-electron chi connectivity index (χ0n) is 10.6. The second-order valence-corrected chi connectivity index (χ2v) is 4.05. The Balaban J connectivity index is 2.38. The van der Waals surface area contributed by atoms with Gasteiger partial charge < -0.3 is 4.74 Å². The van der Waals surface area contributed by atoms with E-state index in [0.717, 1.165) is 17.7 Å². The zero-order chi connectivity index (χ0) is 13.7. The van der Waals surface area contributed by atoms with Gasteiger partial charge in [-0.3, -0.25) is 4.79 Å². The molecule has 3 nitrogen and oxygen atoms in total. The van der Waals surface area contributed by atoms with Crippen LogP contribution in [0.25, 0.3) is 0 Å². The Morgan fingerprint density at radius 3 is 2.68 bits per heavy atom. The number of hydrogen-bond donors (Lipinski definition) is 0. The third-order valence-electron chi connectivity index (χ3n) is 2.83. The molecule has 0 heterocycles. The fourth-order valence-corrected chi connectivity index (χ4v) is 1.81. The van der Waals surface area contributed by atoms with Gasteiger partial charge in [0.2, 0.25) is 0 Å². The average Bonchev–Trinajstić information content (AvgIpc) is 2.48. The van der Waals surface area contributed by atoms with Gasteiger partial charge >= 0.3 is 0 Å². The third kappa shape index (κ3) is 2.80. The first-order valence-corrected chi connectivity index (χ1v) is 6.03. The van der Waals surface area contributed by atoms with Crippen LogP contribution in [0, 0.1) is 11.3 Å². The Hall–Kier alpha value is -2.60. The van der Waals surface area contributed by atoms with Crippen LogP contribution in [0.5, 0.6) is 11.5 Å². The number of nitriles is 1. The van der Waals surface area contributed by atoms with Gasteiger partial charge in [0, 0.05) is 5.56 Å². The quantitative estimate of drug-likeness (QED) is 0.778. The molecule has 94 valence electrons. The predicted molar refractivity (Wildman–Crippen MR) is 72.4 cm³/mol. The van der Waals surface area contributed by atoms with Gasteiger partial charge in [0.05, 0.1) is 5.56 Å². The summed E-state index contributed by atoms with van der Waals surface area (Å²) in [5.41, 5.74) is 1.90. The molecule has 0 bridgehead atoms. The number of para-hydroxylation sites is 1. The van der Waals surface area contributed by atoms with E-state index in [1.807, 2.05) is 37.3 Å². The van der Waals surface area contributed by atoms with Crippen molar-refractivity contribution in [3.05, 3.63) is 59.2 Å². The van der Waals surface area contributed by atoms with Crippen LogP contribution < -0.4 is 4.74 Å². The van der Waals surface area contributed by atoms with E-state index in [1.54, 1.807) is 12.1 Å². The van der Waals surface area contributed by atoms with E-state index in [0.29, 0.717) is 23.2 Å². The maximum absolute atomic E-state index is 10.7. The first-order valence-electron chi connectivity index (χ1n) is 6.03. The molecule has 0 aromatic heterocycles. The molecule has 2 aromatic rings. The topological polar surface area (TPSA) is 50.1 Å². The van der Waals surface area contributed by atoms with Gasteiger partial charge in [0.1, 0.15) is 23.9 Å². The molecule has 2 rings (SSSR count).